The van der Waals surface area contributed by atoms with Crippen LogP contribution in [0.2, 0.25) is 0 Å². The van der Waals surface area contributed by atoms with E-state index in [0.717, 1.165) is 52.0 Å². The number of benzene rings is 1. The molecule has 108 valence electrons. The Morgan fingerprint density at radius 3 is 2.05 bits per heavy atom. The highest BCUT2D eigenvalue weighted by Gasteiger charge is 2.08. The third-order valence-electron chi connectivity index (χ3n) is 3.34. The van der Waals surface area contributed by atoms with Gasteiger partial charge in [0.2, 0.25) is 0 Å². The van der Waals surface area contributed by atoms with Crippen molar-refractivity contribution in [2.45, 2.75) is 32.4 Å². The van der Waals surface area contributed by atoms with Crippen molar-refractivity contribution in [3.8, 4) is 0 Å². The molecule has 4 heteroatoms. The monoisotopic (exact) mass is 264 g/mol. The van der Waals surface area contributed by atoms with Crippen LogP contribution in [0.3, 0.4) is 0 Å². The standard InChI is InChI=1S/C15H28N4/c16-8-3-4-10-19(11-5-9-17)13-15-7-2-1-6-14(15)12-18/h1-2,6-7H,3-5,8-13,16-18H2. The number of nitrogens with zero attached hydrogens (tertiary/aromatic N) is 1. The topological polar surface area (TPSA) is 81.3 Å². The second-order valence-electron chi connectivity index (χ2n) is 4.89. The SMILES string of the molecule is NCCCCN(CCCN)Cc1ccccc1CN. The summed E-state index contributed by atoms with van der Waals surface area (Å²) in [7, 11) is 0. The molecule has 0 bridgehead atoms. The van der Waals surface area contributed by atoms with Crippen LogP contribution in [0.1, 0.15) is 30.4 Å². The van der Waals surface area contributed by atoms with Crippen molar-refractivity contribution in [1.82, 2.24) is 4.90 Å². The smallest absolute Gasteiger partial charge is 0.0236 e. The molecule has 0 radical (unpaired) electrons. The molecule has 19 heavy (non-hydrogen) atoms. The minimum Gasteiger partial charge on any atom is -0.330 e. The lowest BCUT2D eigenvalue weighted by Gasteiger charge is -2.23. The average Bonchev–Trinajstić information content (AvgIpc) is 2.45. The molecule has 0 aliphatic carbocycles. The first kappa shape index (κ1) is 16.1. The molecule has 0 fully saturated rings. The van der Waals surface area contributed by atoms with Crippen molar-refractivity contribution < 1.29 is 0 Å². The largest absolute Gasteiger partial charge is 0.330 e. The second-order valence-corrected chi connectivity index (χ2v) is 4.89. The Balaban J connectivity index is 2.58. The first-order valence-corrected chi connectivity index (χ1v) is 7.21. The molecule has 1 aromatic carbocycles. The van der Waals surface area contributed by atoms with Crippen molar-refractivity contribution in [2.75, 3.05) is 26.2 Å². The number of unbranched alkanes of at least 4 members (excludes halogenated alkanes) is 1. The van der Waals surface area contributed by atoms with E-state index >= 15 is 0 Å². The summed E-state index contributed by atoms with van der Waals surface area (Å²) in [6.07, 6.45) is 3.26. The summed E-state index contributed by atoms with van der Waals surface area (Å²) in [6.45, 7) is 5.19. The van der Waals surface area contributed by atoms with E-state index in [-0.39, 0.29) is 0 Å². The van der Waals surface area contributed by atoms with Gasteiger partial charge in [-0.3, -0.25) is 4.90 Å². The highest BCUT2D eigenvalue weighted by atomic mass is 15.1. The van der Waals surface area contributed by atoms with E-state index in [0.29, 0.717) is 6.54 Å². The van der Waals surface area contributed by atoms with E-state index < -0.39 is 0 Å². The molecule has 0 aliphatic rings. The molecule has 0 atom stereocenters. The van der Waals surface area contributed by atoms with Crippen molar-refractivity contribution in [1.29, 1.82) is 0 Å². The van der Waals surface area contributed by atoms with Gasteiger partial charge < -0.3 is 17.2 Å². The number of hydrogen-bond acceptors (Lipinski definition) is 4. The molecule has 1 rings (SSSR count). The van der Waals surface area contributed by atoms with E-state index in [1.165, 1.54) is 11.1 Å². The highest BCUT2D eigenvalue weighted by Crippen LogP contribution is 2.12. The molecule has 0 aromatic heterocycles. The zero-order chi connectivity index (χ0) is 13.9. The maximum atomic E-state index is 5.79. The minimum absolute atomic E-state index is 0.601. The molecule has 0 heterocycles. The van der Waals surface area contributed by atoms with Gasteiger partial charge in [0.1, 0.15) is 0 Å². The lowest BCUT2D eigenvalue weighted by Crippen LogP contribution is -2.28. The summed E-state index contributed by atoms with van der Waals surface area (Å²) in [5.41, 5.74) is 19.5. The molecular weight excluding hydrogens is 236 g/mol. The van der Waals surface area contributed by atoms with Crippen molar-refractivity contribution in [2.24, 2.45) is 17.2 Å². The molecular formula is C15H28N4. The molecule has 6 N–H and O–H groups in total. The van der Waals surface area contributed by atoms with Crippen molar-refractivity contribution in [3.05, 3.63) is 35.4 Å². The van der Waals surface area contributed by atoms with Gasteiger partial charge >= 0.3 is 0 Å². The Morgan fingerprint density at radius 1 is 0.789 bits per heavy atom. The average molecular weight is 264 g/mol. The Bertz CT molecular complexity index is 341. The second kappa shape index (κ2) is 9.92. The molecule has 0 saturated heterocycles. The zero-order valence-corrected chi connectivity index (χ0v) is 11.9. The van der Waals surface area contributed by atoms with Gasteiger partial charge in [-0.05, 0) is 56.6 Å². The quantitative estimate of drug-likeness (QED) is 0.551. The lowest BCUT2D eigenvalue weighted by molar-refractivity contribution is 0.258. The molecule has 0 amide bonds. The normalized spacial score (nSPS) is 11.2. The van der Waals surface area contributed by atoms with Gasteiger partial charge in [-0.2, -0.15) is 0 Å². The van der Waals surface area contributed by atoms with Crippen LogP contribution < -0.4 is 17.2 Å². The van der Waals surface area contributed by atoms with Gasteiger partial charge in [0.25, 0.3) is 0 Å². The van der Waals surface area contributed by atoms with Crippen molar-refractivity contribution >= 4 is 0 Å². The van der Waals surface area contributed by atoms with Crippen LogP contribution >= 0.6 is 0 Å². The lowest BCUT2D eigenvalue weighted by atomic mass is 10.1. The fraction of sp³-hybridized carbons (Fsp3) is 0.600. The zero-order valence-electron chi connectivity index (χ0n) is 11.9. The Labute approximate surface area is 116 Å². The fourth-order valence-corrected chi connectivity index (χ4v) is 2.22. The summed E-state index contributed by atoms with van der Waals surface area (Å²) in [5.74, 6) is 0. The summed E-state index contributed by atoms with van der Waals surface area (Å²) in [4.78, 5) is 2.46. The molecule has 0 saturated carbocycles. The van der Waals surface area contributed by atoms with Gasteiger partial charge in [0.15, 0.2) is 0 Å². The maximum absolute atomic E-state index is 5.79. The van der Waals surface area contributed by atoms with Crippen LogP contribution in [0.15, 0.2) is 24.3 Å². The number of rotatable bonds is 10. The number of hydrogen-bond donors (Lipinski definition) is 3. The van der Waals surface area contributed by atoms with Gasteiger partial charge in [0.05, 0.1) is 0 Å². The van der Waals surface area contributed by atoms with Crippen LogP contribution in [-0.4, -0.2) is 31.1 Å². The third kappa shape index (κ3) is 6.16. The molecule has 0 aliphatic heterocycles. The van der Waals surface area contributed by atoms with E-state index in [4.69, 9.17) is 17.2 Å². The van der Waals surface area contributed by atoms with Gasteiger partial charge in [-0.1, -0.05) is 24.3 Å². The third-order valence-corrected chi connectivity index (χ3v) is 3.34. The summed E-state index contributed by atoms with van der Waals surface area (Å²) < 4.78 is 0. The summed E-state index contributed by atoms with van der Waals surface area (Å²) in [6, 6.07) is 8.40. The van der Waals surface area contributed by atoms with Crippen LogP contribution in [-0.2, 0) is 13.1 Å². The first-order chi connectivity index (χ1) is 9.31. The van der Waals surface area contributed by atoms with Crippen LogP contribution in [0.25, 0.3) is 0 Å². The van der Waals surface area contributed by atoms with E-state index in [9.17, 15) is 0 Å². The highest BCUT2D eigenvalue weighted by molar-refractivity contribution is 5.26. The van der Waals surface area contributed by atoms with Gasteiger partial charge in [-0.25, -0.2) is 0 Å². The predicted octanol–water partition coefficient (Wildman–Crippen LogP) is 1.04. The number of nitrogens with two attached hydrogens (primary N) is 3. The predicted molar refractivity (Wildman–Crippen MR) is 81.6 cm³/mol. The fourth-order valence-electron chi connectivity index (χ4n) is 2.22. The summed E-state index contributed by atoms with van der Waals surface area (Å²) >= 11 is 0. The van der Waals surface area contributed by atoms with Crippen LogP contribution in [0.4, 0.5) is 0 Å². The molecule has 0 unspecified atom stereocenters. The Hall–Kier alpha value is -0.940. The minimum atomic E-state index is 0.601. The first-order valence-electron chi connectivity index (χ1n) is 7.21. The van der Waals surface area contributed by atoms with Crippen molar-refractivity contribution in [3.63, 3.8) is 0 Å². The Morgan fingerprint density at radius 2 is 1.42 bits per heavy atom. The molecule has 4 nitrogen and oxygen atoms in total. The van der Waals surface area contributed by atoms with E-state index in [1.807, 2.05) is 6.07 Å². The molecule has 0 spiro atoms. The van der Waals surface area contributed by atoms with Crippen LogP contribution in [0, 0.1) is 0 Å². The maximum Gasteiger partial charge on any atom is 0.0236 e. The van der Waals surface area contributed by atoms with E-state index in [1.54, 1.807) is 0 Å². The van der Waals surface area contributed by atoms with Crippen LogP contribution in [0.5, 0.6) is 0 Å². The van der Waals surface area contributed by atoms with E-state index in [2.05, 4.69) is 23.1 Å². The Kier molecular flexibility index (Phi) is 8.41. The van der Waals surface area contributed by atoms with Gasteiger partial charge in [-0.15, -0.1) is 0 Å². The van der Waals surface area contributed by atoms with Gasteiger partial charge in [0, 0.05) is 13.1 Å². The summed E-state index contributed by atoms with van der Waals surface area (Å²) in [5, 5.41) is 0. The molecule has 1 aromatic rings.